The van der Waals surface area contributed by atoms with Gasteiger partial charge in [0.25, 0.3) is 0 Å². The van der Waals surface area contributed by atoms with Crippen LogP contribution < -0.4 is 38.9 Å². The zero-order valence-corrected chi connectivity index (χ0v) is 20.7. The van der Waals surface area contributed by atoms with Crippen molar-refractivity contribution in [1.82, 2.24) is 16.0 Å². The fourth-order valence-electron chi connectivity index (χ4n) is 3.32. The molecule has 0 fully saturated rings. The monoisotopic (exact) mass is 522 g/mol. The number of nitrogens with two attached hydrogens (primary N) is 4. The summed E-state index contributed by atoms with van der Waals surface area (Å²) in [5, 5.41) is 26.1. The Morgan fingerprint density at radius 1 is 0.919 bits per heavy atom. The molecule has 0 aliphatic heterocycles. The van der Waals surface area contributed by atoms with Crippen molar-refractivity contribution in [3.05, 3.63) is 29.8 Å². The van der Waals surface area contributed by atoms with E-state index in [2.05, 4.69) is 20.9 Å². The maximum atomic E-state index is 12.8. The molecule has 0 saturated carbocycles. The Morgan fingerprint density at radius 2 is 1.57 bits per heavy atom. The molecule has 3 amide bonds. The van der Waals surface area contributed by atoms with E-state index in [-0.39, 0.29) is 37.5 Å². The van der Waals surface area contributed by atoms with Crippen LogP contribution in [-0.2, 0) is 25.6 Å². The molecule has 0 aliphatic rings. The molecule has 14 nitrogen and oxygen atoms in total. The van der Waals surface area contributed by atoms with Crippen molar-refractivity contribution in [3.63, 3.8) is 0 Å². The lowest BCUT2D eigenvalue weighted by atomic mass is 10.1. The number of carboxylic acids is 1. The van der Waals surface area contributed by atoms with E-state index < -0.39 is 48.4 Å². The van der Waals surface area contributed by atoms with Crippen LogP contribution in [-0.4, -0.2) is 77.6 Å². The van der Waals surface area contributed by atoms with Crippen molar-refractivity contribution < 1.29 is 29.4 Å². The average Bonchev–Trinajstić information content (AvgIpc) is 2.84. The summed E-state index contributed by atoms with van der Waals surface area (Å²) in [6.45, 7) is 0.149. The van der Waals surface area contributed by atoms with Crippen LogP contribution in [0.2, 0.25) is 0 Å². The third-order valence-corrected chi connectivity index (χ3v) is 5.31. The summed E-state index contributed by atoms with van der Waals surface area (Å²) in [6, 6.07) is 3.02. The third kappa shape index (κ3) is 13.1. The number of guanidine groups is 1. The van der Waals surface area contributed by atoms with Crippen molar-refractivity contribution in [2.45, 2.75) is 56.7 Å². The predicted octanol–water partition coefficient (Wildman–Crippen LogP) is -2.38. The maximum absolute atomic E-state index is 12.8. The fourth-order valence-corrected chi connectivity index (χ4v) is 3.32. The second-order valence-corrected chi connectivity index (χ2v) is 8.45. The van der Waals surface area contributed by atoms with Gasteiger partial charge in [-0.05, 0) is 62.8 Å². The Labute approximate surface area is 215 Å². The minimum atomic E-state index is -1.20. The first-order chi connectivity index (χ1) is 17.5. The molecule has 1 aromatic carbocycles. The first-order valence-electron chi connectivity index (χ1n) is 11.9. The number of carboxylic acid groups (broad SMARTS) is 1. The van der Waals surface area contributed by atoms with Gasteiger partial charge >= 0.3 is 5.97 Å². The quantitative estimate of drug-likeness (QED) is 0.0595. The summed E-state index contributed by atoms with van der Waals surface area (Å²) in [7, 11) is 0. The molecule has 0 aromatic heterocycles. The largest absolute Gasteiger partial charge is 0.508 e. The number of amides is 3. The van der Waals surface area contributed by atoms with Crippen molar-refractivity contribution in [3.8, 4) is 5.75 Å². The zero-order valence-electron chi connectivity index (χ0n) is 20.7. The first kappa shape index (κ1) is 31.1. The predicted molar refractivity (Wildman–Crippen MR) is 137 cm³/mol. The van der Waals surface area contributed by atoms with E-state index in [9.17, 15) is 29.4 Å². The molecule has 37 heavy (non-hydrogen) atoms. The molecule has 3 atom stereocenters. The second-order valence-electron chi connectivity index (χ2n) is 8.45. The normalized spacial score (nSPS) is 13.0. The highest BCUT2D eigenvalue weighted by molar-refractivity contribution is 5.92. The van der Waals surface area contributed by atoms with Gasteiger partial charge in [-0.15, -0.1) is 0 Å². The highest BCUT2D eigenvalue weighted by atomic mass is 16.4. The van der Waals surface area contributed by atoms with Gasteiger partial charge < -0.3 is 49.1 Å². The molecule has 1 aromatic rings. The molecule has 0 heterocycles. The van der Waals surface area contributed by atoms with Crippen molar-refractivity contribution >= 4 is 29.7 Å². The third-order valence-electron chi connectivity index (χ3n) is 5.31. The minimum Gasteiger partial charge on any atom is -0.508 e. The van der Waals surface area contributed by atoms with Gasteiger partial charge in [-0.1, -0.05) is 12.1 Å². The van der Waals surface area contributed by atoms with Crippen LogP contribution in [0.15, 0.2) is 29.3 Å². The number of unbranched alkanes of at least 4 members (excludes halogenated alkanes) is 1. The number of aliphatic carboxylic acids is 1. The minimum absolute atomic E-state index is 0.0839. The van der Waals surface area contributed by atoms with E-state index in [4.69, 9.17) is 22.9 Å². The van der Waals surface area contributed by atoms with Gasteiger partial charge in [0.15, 0.2) is 5.96 Å². The topological polar surface area (TPSA) is 261 Å². The average molecular weight is 523 g/mol. The second kappa shape index (κ2) is 16.7. The molecule has 14 heteroatoms. The van der Waals surface area contributed by atoms with Crippen molar-refractivity contribution in [2.75, 3.05) is 19.6 Å². The summed E-state index contributed by atoms with van der Waals surface area (Å²) in [4.78, 5) is 53.0. The van der Waals surface area contributed by atoms with Crippen LogP contribution >= 0.6 is 0 Å². The first-order valence-corrected chi connectivity index (χ1v) is 11.9. The number of benzene rings is 1. The molecular weight excluding hydrogens is 484 g/mol. The number of hydrogen-bond donors (Lipinski definition) is 9. The summed E-state index contributed by atoms with van der Waals surface area (Å²) >= 11 is 0. The van der Waals surface area contributed by atoms with E-state index in [1.165, 1.54) is 12.1 Å². The maximum Gasteiger partial charge on any atom is 0.326 e. The molecule has 13 N–H and O–H groups in total. The summed E-state index contributed by atoms with van der Waals surface area (Å²) < 4.78 is 0. The van der Waals surface area contributed by atoms with Crippen LogP contribution in [0, 0.1) is 0 Å². The number of hydrogen-bond acceptors (Lipinski definition) is 8. The molecule has 1 rings (SSSR count). The van der Waals surface area contributed by atoms with Gasteiger partial charge in [0.05, 0.1) is 12.6 Å². The van der Waals surface area contributed by atoms with E-state index in [0.717, 1.165) is 5.56 Å². The lowest BCUT2D eigenvalue weighted by Crippen LogP contribution is -2.53. The molecule has 3 unspecified atom stereocenters. The standard InChI is InChI=1S/C23H38N8O6/c24-10-2-1-4-18(22(36)37)31-21(35)17(5-3-11-28-23(26)27)30-19(33)13-29-20(34)16(25)12-14-6-8-15(32)9-7-14/h6-9,16-18,32H,1-5,10-13,24-25H2,(H,29,34)(H,30,33)(H,31,35)(H,36,37)(H4,26,27,28). The summed E-state index contributed by atoms with van der Waals surface area (Å²) in [5.74, 6) is -3.17. The molecule has 0 radical (unpaired) electrons. The van der Waals surface area contributed by atoms with Crippen LogP contribution in [0.3, 0.4) is 0 Å². The van der Waals surface area contributed by atoms with Crippen LogP contribution in [0.1, 0.15) is 37.7 Å². The van der Waals surface area contributed by atoms with E-state index in [1.807, 2.05) is 0 Å². The van der Waals surface area contributed by atoms with E-state index in [0.29, 0.717) is 25.8 Å². The Morgan fingerprint density at radius 3 is 2.16 bits per heavy atom. The number of carbonyl (C=O) groups is 4. The van der Waals surface area contributed by atoms with Gasteiger partial charge in [0.2, 0.25) is 17.7 Å². The van der Waals surface area contributed by atoms with Crippen molar-refractivity contribution in [1.29, 1.82) is 0 Å². The van der Waals surface area contributed by atoms with Crippen molar-refractivity contribution in [2.24, 2.45) is 27.9 Å². The van der Waals surface area contributed by atoms with Gasteiger partial charge in [-0.3, -0.25) is 19.4 Å². The Hall–Kier alpha value is -3.91. The van der Waals surface area contributed by atoms with E-state index in [1.54, 1.807) is 12.1 Å². The molecular formula is C23H38N8O6. The number of nitrogens with zero attached hydrogens (tertiary/aromatic N) is 1. The van der Waals surface area contributed by atoms with E-state index >= 15 is 0 Å². The molecule has 0 spiro atoms. The molecule has 0 aliphatic carbocycles. The van der Waals surface area contributed by atoms with Gasteiger partial charge in [-0.2, -0.15) is 0 Å². The molecule has 0 bridgehead atoms. The highest BCUT2D eigenvalue weighted by Gasteiger charge is 2.26. The van der Waals surface area contributed by atoms with Gasteiger partial charge in [0, 0.05) is 6.54 Å². The number of aliphatic imine (C=N–C) groups is 1. The Bertz CT molecular complexity index is 920. The lowest BCUT2D eigenvalue weighted by molar-refractivity contribution is -0.142. The van der Waals surface area contributed by atoms with Gasteiger partial charge in [0.1, 0.15) is 17.8 Å². The van der Waals surface area contributed by atoms with Gasteiger partial charge in [-0.25, -0.2) is 4.79 Å². The number of phenolic OH excluding ortho intramolecular Hbond substituents is 1. The zero-order chi connectivity index (χ0) is 27.8. The summed E-state index contributed by atoms with van der Waals surface area (Å²) in [6.07, 6.45) is 1.92. The Kier molecular flexibility index (Phi) is 14.1. The number of nitrogens with one attached hydrogen (secondary N) is 3. The van der Waals surface area contributed by atoms with Crippen LogP contribution in [0.25, 0.3) is 0 Å². The number of phenols is 1. The fraction of sp³-hybridized carbons (Fsp3) is 0.522. The van der Waals surface area contributed by atoms with Crippen LogP contribution in [0.4, 0.5) is 0 Å². The number of rotatable bonds is 17. The van der Waals surface area contributed by atoms with Crippen LogP contribution in [0.5, 0.6) is 5.75 Å². The highest BCUT2D eigenvalue weighted by Crippen LogP contribution is 2.11. The number of aromatic hydroxyl groups is 1. The molecule has 0 saturated heterocycles. The Balaban J connectivity index is 2.71. The number of carbonyl (C=O) groups excluding carboxylic acids is 3. The summed E-state index contributed by atoms with van der Waals surface area (Å²) in [5.41, 5.74) is 22.7. The SMILES string of the molecule is NCCCCC(NC(=O)C(CCCN=C(N)N)NC(=O)CNC(=O)C(N)Cc1ccc(O)cc1)C(=O)O. The lowest BCUT2D eigenvalue weighted by Gasteiger charge is -2.22. The smallest absolute Gasteiger partial charge is 0.326 e. The molecule has 206 valence electrons.